The molecule has 0 heterocycles. The van der Waals surface area contributed by atoms with Crippen LogP contribution < -0.4 is 5.32 Å². The average Bonchev–Trinajstić information content (AvgIpc) is 2.46. The first-order chi connectivity index (χ1) is 10.2. The van der Waals surface area contributed by atoms with E-state index >= 15 is 0 Å². The molecule has 0 aliphatic carbocycles. The van der Waals surface area contributed by atoms with Gasteiger partial charge in [0.2, 0.25) is 0 Å². The van der Waals surface area contributed by atoms with Crippen LogP contribution in [0.4, 0.5) is 5.69 Å². The number of aromatic hydroxyl groups is 2. The Morgan fingerprint density at radius 3 is 2.14 bits per heavy atom. The maximum Gasteiger partial charge on any atom is 0.119 e. The summed E-state index contributed by atoms with van der Waals surface area (Å²) in [6.07, 6.45) is 6.16. The van der Waals surface area contributed by atoms with E-state index in [-0.39, 0.29) is 11.5 Å². The second-order valence-electron chi connectivity index (χ2n) is 5.02. The van der Waals surface area contributed by atoms with Crippen LogP contribution in [0.1, 0.15) is 30.9 Å². The molecular weight excluding hydrogens is 262 g/mol. The van der Waals surface area contributed by atoms with Crippen molar-refractivity contribution in [1.82, 2.24) is 0 Å². The molecular formula is C18H21NO2. The van der Waals surface area contributed by atoms with Crippen LogP contribution in [-0.4, -0.2) is 16.8 Å². The first kappa shape index (κ1) is 15.0. The minimum absolute atomic E-state index is 0.0603. The maximum absolute atomic E-state index is 9.43. The Hall–Kier alpha value is -2.42. The second kappa shape index (κ2) is 7.39. The Labute approximate surface area is 125 Å². The van der Waals surface area contributed by atoms with Crippen molar-refractivity contribution in [3.8, 4) is 11.5 Å². The van der Waals surface area contributed by atoms with Gasteiger partial charge in [-0.25, -0.2) is 0 Å². The molecule has 0 aliphatic heterocycles. The molecule has 0 bridgehead atoms. The third-order valence-electron chi connectivity index (χ3n) is 3.16. The van der Waals surface area contributed by atoms with Crippen molar-refractivity contribution in [1.29, 1.82) is 0 Å². The maximum atomic E-state index is 9.43. The minimum Gasteiger partial charge on any atom is -0.508 e. The van der Waals surface area contributed by atoms with Gasteiger partial charge in [0.1, 0.15) is 11.5 Å². The zero-order chi connectivity index (χ0) is 15.1. The van der Waals surface area contributed by atoms with E-state index in [0.29, 0.717) is 0 Å². The van der Waals surface area contributed by atoms with Gasteiger partial charge in [0, 0.05) is 18.3 Å². The summed E-state index contributed by atoms with van der Waals surface area (Å²) in [6.45, 7) is 3.17. The van der Waals surface area contributed by atoms with Gasteiger partial charge < -0.3 is 15.5 Å². The van der Waals surface area contributed by atoms with E-state index in [2.05, 4.69) is 24.4 Å². The molecule has 3 heteroatoms. The van der Waals surface area contributed by atoms with Gasteiger partial charge in [-0.2, -0.15) is 0 Å². The number of phenols is 2. The lowest BCUT2D eigenvalue weighted by atomic mass is 10.1. The molecule has 0 amide bonds. The van der Waals surface area contributed by atoms with Crippen LogP contribution in [0.2, 0.25) is 0 Å². The van der Waals surface area contributed by atoms with E-state index in [0.717, 1.165) is 23.4 Å². The zero-order valence-corrected chi connectivity index (χ0v) is 12.2. The van der Waals surface area contributed by atoms with Gasteiger partial charge in [-0.3, -0.25) is 0 Å². The van der Waals surface area contributed by atoms with Gasteiger partial charge in [0.15, 0.2) is 0 Å². The fraction of sp³-hybridized carbons (Fsp3) is 0.222. The molecule has 3 N–H and O–H groups in total. The number of hydrogen-bond donors (Lipinski definition) is 3. The second-order valence-corrected chi connectivity index (χ2v) is 5.02. The summed E-state index contributed by atoms with van der Waals surface area (Å²) in [5.41, 5.74) is 2.95. The summed E-state index contributed by atoms with van der Waals surface area (Å²) in [7, 11) is 0. The Morgan fingerprint density at radius 2 is 1.52 bits per heavy atom. The molecule has 0 fully saturated rings. The lowest BCUT2D eigenvalue weighted by Crippen LogP contribution is -2.00. The summed E-state index contributed by atoms with van der Waals surface area (Å²) in [5, 5.41) is 22.2. The van der Waals surface area contributed by atoms with Crippen molar-refractivity contribution in [3.05, 3.63) is 53.6 Å². The summed E-state index contributed by atoms with van der Waals surface area (Å²) in [5.74, 6) is 0.121. The van der Waals surface area contributed by atoms with Crippen molar-refractivity contribution in [2.75, 3.05) is 11.9 Å². The Kier molecular flexibility index (Phi) is 5.27. The van der Waals surface area contributed by atoms with Crippen molar-refractivity contribution in [2.24, 2.45) is 0 Å². The zero-order valence-electron chi connectivity index (χ0n) is 12.2. The first-order valence-corrected chi connectivity index (χ1v) is 7.22. The van der Waals surface area contributed by atoms with Gasteiger partial charge in [-0.05, 0) is 41.8 Å². The minimum atomic E-state index is 0.0603. The molecule has 0 saturated carbocycles. The summed E-state index contributed by atoms with van der Waals surface area (Å²) in [6, 6.07) is 12.7. The van der Waals surface area contributed by atoms with Gasteiger partial charge in [0.05, 0.1) is 0 Å². The third kappa shape index (κ3) is 4.88. The van der Waals surface area contributed by atoms with Crippen molar-refractivity contribution in [3.63, 3.8) is 0 Å². The molecule has 21 heavy (non-hydrogen) atoms. The highest BCUT2D eigenvalue weighted by molar-refractivity contribution is 5.71. The molecule has 0 spiro atoms. The van der Waals surface area contributed by atoms with E-state index in [9.17, 15) is 10.2 Å². The van der Waals surface area contributed by atoms with Crippen molar-refractivity contribution >= 4 is 17.8 Å². The molecule has 2 aromatic carbocycles. The molecule has 110 valence electrons. The van der Waals surface area contributed by atoms with Crippen LogP contribution in [0.5, 0.6) is 11.5 Å². The largest absolute Gasteiger partial charge is 0.508 e. The highest BCUT2D eigenvalue weighted by atomic mass is 16.3. The predicted octanol–water partition coefficient (Wildman–Crippen LogP) is 4.48. The van der Waals surface area contributed by atoms with Crippen LogP contribution in [0.25, 0.3) is 12.2 Å². The molecule has 0 saturated heterocycles. The molecule has 2 rings (SSSR count). The van der Waals surface area contributed by atoms with Crippen molar-refractivity contribution in [2.45, 2.75) is 19.8 Å². The normalized spacial score (nSPS) is 10.9. The molecule has 0 unspecified atom stereocenters. The predicted molar refractivity (Wildman–Crippen MR) is 88.5 cm³/mol. The number of anilines is 1. The van der Waals surface area contributed by atoms with Crippen LogP contribution in [-0.2, 0) is 0 Å². The highest BCUT2D eigenvalue weighted by Gasteiger charge is 1.96. The average molecular weight is 283 g/mol. The van der Waals surface area contributed by atoms with Gasteiger partial charge in [-0.15, -0.1) is 0 Å². The third-order valence-corrected chi connectivity index (χ3v) is 3.16. The Balaban J connectivity index is 2.00. The molecule has 0 aromatic heterocycles. The quantitative estimate of drug-likeness (QED) is 0.541. The lowest BCUT2D eigenvalue weighted by Gasteiger charge is -2.05. The van der Waals surface area contributed by atoms with Crippen molar-refractivity contribution < 1.29 is 10.2 Å². The standard InChI is InChI=1S/C18H21NO2/c1-2-3-10-19-16-8-6-14(7-9-16)4-5-15-11-17(20)13-18(21)12-15/h4-9,11-13,19-21H,2-3,10H2,1H3/b5-4+. The summed E-state index contributed by atoms with van der Waals surface area (Å²) >= 11 is 0. The molecule has 2 aromatic rings. The van der Waals surface area contributed by atoms with E-state index in [1.54, 1.807) is 12.1 Å². The number of nitrogens with one attached hydrogen (secondary N) is 1. The molecule has 0 atom stereocenters. The molecule has 0 aliphatic rings. The number of rotatable bonds is 6. The van der Waals surface area contributed by atoms with E-state index in [1.165, 1.54) is 18.9 Å². The molecule has 3 nitrogen and oxygen atoms in total. The summed E-state index contributed by atoms with van der Waals surface area (Å²) in [4.78, 5) is 0. The molecule has 0 radical (unpaired) electrons. The first-order valence-electron chi connectivity index (χ1n) is 7.22. The fourth-order valence-electron chi connectivity index (χ4n) is 2.03. The van der Waals surface area contributed by atoms with Gasteiger partial charge in [-0.1, -0.05) is 37.6 Å². The highest BCUT2D eigenvalue weighted by Crippen LogP contribution is 2.22. The van der Waals surface area contributed by atoms with E-state index in [1.807, 2.05) is 24.3 Å². The monoisotopic (exact) mass is 283 g/mol. The lowest BCUT2D eigenvalue weighted by molar-refractivity contribution is 0.450. The smallest absolute Gasteiger partial charge is 0.119 e. The SMILES string of the molecule is CCCCNc1ccc(/C=C/c2cc(O)cc(O)c2)cc1. The number of unbranched alkanes of at least 4 members (excludes halogenated alkanes) is 1. The van der Waals surface area contributed by atoms with Gasteiger partial charge in [0.25, 0.3) is 0 Å². The van der Waals surface area contributed by atoms with Crippen LogP contribution in [0.3, 0.4) is 0 Å². The Morgan fingerprint density at radius 1 is 0.905 bits per heavy atom. The van der Waals surface area contributed by atoms with Crippen LogP contribution in [0, 0.1) is 0 Å². The van der Waals surface area contributed by atoms with E-state index < -0.39 is 0 Å². The van der Waals surface area contributed by atoms with Crippen LogP contribution in [0.15, 0.2) is 42.5 Å². The van der Waals surface area contributed by atoms with Gasteiger partial charge >= 0.3 is 0 Å². The Bertz CT molecular complexity index is 583. The number of hydrogen-bond acceptors (Lipinski definition) is 3. The fourth-order valence-corrected chi connectivity index (χ4v) is 2.03. The number of benzene rings is 2. The number of phenolic OH excluding ortho intramolecular Hbond substituents is 2. The van der Waals surface area contributed by atoms with E-state index in [4.69, 9.17) is 0 Å². The summed E-state index contributed by atoms with van der Waals surface area (Å²) < 4.78 is 0. The van der Waals surface area contributed by atoms with Crippen LogP contribution >= 0.6 is 0 Å². The topological polar surface area (TPSA) is 52.5 Å².